The van der Waals surface area contributed by atoms with Gasteiger partial charge in [-0.25, -0.2) is 28.0 Å². The van der Waals surface area contributed by atoms with E-state index in [0.29, 0.717) is 30.3 Å². The highest BCUT2D eigenvalue weighted by molar-refractivity contribution is 5.94. The lowest BCUT2D eigenvalue weighted by atomic mass is 10.0. The second-order valence-electron chi connectivity index (χ2n) is 19.1. The number of carbonyl (C=O) groups is 4. The highest BCUT2D eigenvalue weighted by Crippen LogP contribution is 2.35. The zero-order valence-electron chi connectivity index (χ0n) is 44.4. The van der Waals surface area contributed by atoms with Crippen molar-refractivity contribution in [3.8, 4) is 45.6 Å². The molecular formula is C64H71F3O10. The summed E-state index contributed by atoms with van der Waals surface area (Å²) in [4.78, 5) is 51.7. The van der Waals surface area contributed by atoms with Crippen molar-refractivity contribution in [1.82, 2.24) is 0 Å². The zero-order chi connectivity index (χ0) is 54.6. The molecule has 0 N–H and O–H groups in total. The third-order valence-electron chi connectivity index (χ3n) is 13.0. The molecule has 0 aliphatic carbocycles. The first kappa shape index (κ1) is 58.8. The van der Waals surface area contributed by atoms with Crippen LogP contribution in [0.1, 0.15) is 184 Å². The lowest BCUT2D eigenvalue weighted by Crippen LogP contribution is -2.12. The molecule has 0 amide bonds. The maximum absolute atomic E-state index is 15.8. The van der Waals surface area contributed by atoms with Crippen LogP contribution in [0.4, 0.5) is 13.2 Å². The molecule has 13 heteroatoms. The third-order valence-corrected chi connectivity index (χ3v) is 13.0. The Morgan fingerprint density at radius 3 is 1.00 bits per heavy atom. The van der Waals surface area contributed by atoms with Crippen LogP contribution in [-0.4, -0.2) is 37.1 Å². The molecule has 0 heterocycles. The average Bonchev–Trinajstić information content (AvgIpc) is 3.45. The summed E-state index contributed by atoms with van der Waals surface area (Å²) >= 11 is 0. The minimum atomic E-state index is -1.57. The number of carbonyl (C=O) groups excluding carboxylic acids is 4. The van der Waals surface area contributed by atoms with Crippen LogP contribution in [0, 0.1) is 17.5 Å². The van der Waals surface area contributed by atoms with Crippen molar-refractivity contribution in [2.24, 2.45) is 0 Å². The summed E-state index contributed by atoms with van der Waals surface area (Å²) in [6, 6.07) is 29.5. The summed E-state index contributed by atoms with van der Waals surface area (Å²) in [5.41, 5.74) is -0.462. The van der Waals surface area contributed by atoms with E-state index < -0.39 is 64.0 Å². The number of esters is 4. The smallest absolute Gasteiger partial charge is 0.343 e. The van der Waals surface area contributed by atoms with E-state index in [2.05, 4.69) is 13.8 Å². The summed E-state index contributed by atoms with van der Waals surface area (Å²) < 4.78 is 79.9. The van der Waals surface area contributed by atoms with Crippen molar-refractivity contribution in [2.75, 3.05) is 13.2 Å². The molecule has 0 aliphatic rings. The average molecular weight is 1060 g/mol. The Kier molecular flexibility index (Phi) is 24.6. The molecule has 0 saturated heterocycles. The molecule has 0 unspecified atom stereocenters. The van der Waals surface area contributed by atoms with Crippen molar-refractivity contribution in [2.45, 2.75) is 142 Å². The van der Waals surface area contributed by atoms with Crippen molar-refractivity contribution in [3.05, 3.63) is 167 Å². The standard InChI is InChI=1S/C64H71F3O10/c1-3-5-7-9-11-13-15-17-19-21-44-72-50-34-26-46(27-35-50)61(68)74-52-38-30-48(31-39-52)63(70)76-56-25-23-24-54(58(56)65)55-42-43-57(60(67)59(55)66)77-64(71)49-32-40-53(41-33-49)75-62(69)47-28-36-51(37-29-47)73-45-22-20-18-16-14-12-10-8-6-4-2/h23-43H,3-22,44-45H2,1-2H3. The fourth-order valence-electron chi connectivity index (χ4n) is 8.52. The van der Waals surface area contributed by atoms with Crippen LogP contribution in [-0.2, 0) is 0 Å². The summed E-state index contributed by atoms with van der Waals surface area (Å²) in [6.45, 7) is 5.64. The predicted molar refractivity (Wildman–Crippen MR) is 292 cm³/mol. The maximum Gasteiger partial charge on any atom is 0.343 e. The Morgan fingerprint density at radius 2 is 0.623 bits per heavy atom. The van der Waals surface area contributed by atoms with Crippen LogP contribution in [0.25, 0.3) is 11.1 Å². The van der Waals surface area contributed by atoms with E-state index in [0.717, 1.165) is 49.9 Å². The van der Waals surface area contributed by atoms with E-state index in [4.69, 9.17) is 28.4 Å². The highest BCUT2D eigenvalue weighted by atomic mass is 19.2. The normalized spacial score (nSPS) is 11.0. The van der Waals surface area contributed by atoms with Crippen LogP contribution in [0.5, 0.6) is 34.5 Å². The van der Waals surface area contributed by atoms with E-state index in [-0.39, 0.29) is 28.2 Å². The molecule has 0 bridgehead atoms. The molecule has 6 aromatic carbocycles. The fraction of sp³-hybridized carbons (Fsp3) is 0.375. The van der Waals surface area contributed by atoms with E-state index in [1.807, 2.05) is 0 Å². The van der Waals surface area contributed by atoms with Gasteiger partial charge in [-0.15, -0.1) is 0 Å². The van der Waals surface area contributed by atoms with E-state index in [9.17, 15) is 19.2 Å². The van der Waals surface area contributed by atoms with Crippen molar-refractivity contribution in [3.63, 3.8) is 0 Å². The molecule has 6 aromatic rings. The monoisotopic (exact) mass is 1060 g/mol. The molecule has 0 fully saturated rings. The molecule has 6 rings (SSSR count). The molecule has 10 nitrogen and oxygen atoms in total. The maximum atomic E-state index is 15.8. The van der Waals surface area contributed by atoms with Crippen LogP contribution < -0.4 is 28.4 Å². The molecule has 408 valence electrons. The third kappa shape index (κ3) is 19.3. The molecule has 0 saturated carbocycles. The van der Waals surface area contributed by atoms with Gasteiger partial charge in [0.1, 0.15) is 23.0 Å². The van der Waals surface area contributed by atoms with Gasteiger partial charge in [0, 0.05) is 11.1 Å². The van der Waals surface area contributed by atoms with Gasteiger partial charge in [0.25, 0.3) is 0 Å². The number of hydrogen-bond acceptors (Lipinski definition) is 10. The first-order valence-electron chi connectivity index (χ1n) is 27.4. The number of halogens is 3. The Morgan fingerprint density at radius 1 is 0.312 bits per heavy atom. The van der Waals surface area contributed by atoms with E-state index >= 15 is 13.2 Å². The number of benzene rings is 6. The van der Waals surface area contributed by atoms with Crippen LogP contribution in [0.15, 0.2) is 127 Å². The lowest BCUT2D eigenvalue weighted by Gasteiger charge is -2.12. The summed E-state index contributed by atoms with van der Waals surface area (Å²) in [6.07, 6.45) is 24.7. The van der Waals surface area contributed by atoms with Crippen molar-refractivity contribution >= 4 is 23.9 Å². The fourth-order valence-corrected chi connectivity index (χ4v) is 8.52. The molecule has 0 aliphatic heterocycles. The topological polar surface area (TPSA) is 124 Å². The first-order valence-corrected chi connectivity index (χ1v) is 27.4. The minimum absolute atomic E-state index is 0.0149. The molecule has 0 aromatic heterocycles. The second-order valence-corrected chi connectivity index (χ2v) is 19.1. The van der Waals surface area contributed by atoms with Gasteiger partial charge in [0.2, 0.25) is 5.82 Å². The first-order chi connectivity index (χ1) is 37.5. The van der Waals surface area contributed by atoms with E-state index in [1.165, 1.54) is 157 Å². The highest BCUT2D eigenvalue weighted by Gasteiger charge is 2.23. The molecule has 0 radical (unpaired) electrons. The summed E-state index contributed by atoms with van der Waals surface area (Å²) in [5, 5.41) is 0. The quantitative estimate of drug-likeness (QED) is 0.0224. The van der Waals surface area contributed by atoms with Crippen molar-refractivity contribution in [1.29, 1.82) is 0 Å². The van der Waals surface area contributed by atoms with Gasteiger partial charge in [-0.1, -0.05) is 142 Å². The van der Waals surface area contributed by atoms with Crippen molar-refractivity contribution < 1.29 is 60.8 Å². The predicted octanol–water partition coefficient (Wildman–Crippen LogP) is 17.2. The minimum Gasteiger partial charge on any atom is -0.494 e. The second kappa shape index (κ2) is 32.2. The number of rotatable bonds is 33. The van der Waals surface area contributed by atoms with Gasteiger partial charge in [0.15, 0.2) is 23.1 Å². The Bertz CT molecular complexity index is 2780. The molecule has 0 atom stereocenters. The Hall–Kier alpha value is -7.41. The van der Waals surface area contributed by atoms with Gasteiger partial charge < -0.3 is 28.4 Å². The summed E-state index contributed by atoms with van der Waals surface area (Å²) in [7, 11) is 0. The van der Waals surface area contributed by atoms with Crippen LogP contribution in [0.3, 0.4) is 0 Å². The largest absolute Gasteiger partial charge is 0.494 e. The Balaban J connectivity index is 0.924. The lowest BCUT2D eigenvalue weighted by molar-refractivity contribution is 0.0715. The number of unbranched alkanes of at least 4 members (excludes halogenated alkanes) is 18. The Labute approximate surface area is 451 Å². The molecule has 0 spiro atoms. The number of ether oxygens (including phenoxy) is 6. The van der Waals surface area contributed by atoms with E-state index in [1.54, 1.807) is 48.5 Å². The van der Waals surface area contributed by atoms with Gasteiger partial charge in [-0.3, -0.25) is 0 Å². The van der Waals surface area contributed by atoms with Crippen LogP contribution >= 0.6 is 0 Å². The SMILES string of the molecule is CCCCCCCCCCCCOc1ccc(C(=O)Oc2ccc(C(=O)Oc3cccc(-c4ccc(OC(=O)c5ccc(OC(=O)c6ccc(OCCCCCCCCCCCC)cc6)cc5)c(F)c4F)c3F)cc2)cc1. The molecule has 77 heavy (non-hydrogen) atoms. The van der Waals surface area contributed by atoms with Gasteiger partial charge in [-0.2, -0.15) is 4.39 Å². The van der Waals surface area contributed by atoms with Gasteiger partial charge in [0.05, 0.1) is 35.5 Å². The van der Waals surface area contributed by atoms with Crippen LogP contribution in [0.2, 0.25) is 0 Å². The number of hydrogen-bond donors (Lipinski definition) is 0. The molecular weight excluding hydrogens is 986 g/mol. The zero-order valence-corrected chi connectivity index (χ0v) is 44.4. The van der Waals surface area contributed by atoms with Gasteiger partial charge in [-0.05, 0) is 128 Å². The van der Waals surface area contributed by atoms with Gasteiger partial charge >= 0.3 is 23.9 Å². The summed E-state index contributed by atoms with van der Waals surface area (Å²) in [5.74, 6) is -7.31.